The number of para-hydroxylation sites is 1. The van der Waals surface area contributed by atoms with E-state index in [0.29, 0.717) is 19.4 Å². The molecule has 6 heteroatoms. The zero-order chi connectivity index (χ0) is 15.5. The second kappa shape index (κ2) is 7.79. The third-order valence-corrected chi connectivity index (χ3v) is 4.63. The van der Waals surface area contributed by atoms with E-state index in [0.717, 1.165) is 37.1 Å². The first kappa shape index (κ1) is 17.8. The average Bonchev–Trinajstić information content (AvgIpc) is 2.52. The van der Waals surface area contributed by atoms with Crippen LogP contribution in [0.1, 0.15) is 31.2 Å². The second-order valence-corrected chi connectivity index (χ2v) is 6.33. The van der Waals surface area contributed by atoms with Crippen LogP contribution in [0.3, 0.4) is 0 Å². The fourth-order valence-corrected chi connectivity index (χ4v) is 3.34. The third kappa shape index (κ3) is 4.24. The molecule has 2 aliphatic heterocycles. The summed E-state index contributed by atoms with van der Waals surface area (Å²) in [7, 11) is 0. The van der Waals surface area contributed by atoms with E-state index in [2.05, 4.69) is 5.32 Å². The number of halogens is 1. The van der Waals surface area contributed by atoms with Gasteiger partial charge >= 0.3 is 0 Å². The van der Waals surface area contributed by atoms with Crippen molar-refractivity contribution in [2.24, 2.45) is 11.7 Å². The van der Waals surface area contributed by atoms with Gasteiger partial charge in [-0.2, -0.15) is 0 Å². The predicted molar refractivity (Wildman–Crippen MR) is 92.5 cm³/mol. The molecule has 2 atom stereocenters. The van der Waals surface area contributed by atoms with Crippen molar-refractivity contribution in [1.82, 2.24) is 4.90 Å². The molecule has 0 spiro atoms. The first-order valence-corrected chi connectivity index (χ1v) is 8.05. The topological polar surface area (TPSA) is 75.4 Å². The molecule has 0 bridgehead atoms. The Morgan fingerprint density at radius 1 is 1.35 bits per heavy atom. The molecule has 0 aliphatic carbocycles. The van der Waals surface area contributed by atoms with Crippen molar-refractivity contribution in [2.75, 3.05) is 18.4 Å². The Morgan fingerprint density at radius 3 is 2.91 bits per heavy atom. The highest BCUT2D eigenvalue weighted by atomic mass is 35.5. The minimum Gasteiger partial charge on any atom is -0.341 e. The summed E-state index contributed by atoms with van der Waals surface area (Å²) in [5.41, 5.74) is 7.97. The van der Waals surface area contributed by atoms with Crippen LogP contribution >= 0.6 is 12.4 Å². The first-order valence-electron chi connectivity index (χ1n) is 8.05. The van der Waals surface area contributed by atoms with Crippen LogP contribution in [-0.2, 0) is 16.0 Å². The molecule has 126 valence electrons. The van der Waals surface area contributed by atoms with E-state index in [9.17, 15) is 9.59 Å². The molecular weight excluding hydrogens is 314 g/mol. The zero-order valence-corrected chi connectivity index (χ0v) is 14.0. The highest BCUT2D eigenvalue weighted by molar-refractivity contribution is 5.96. The summed E-state index contributed by atoms with van der Waals surface area (Å²) in [5.74, 6) is 0.0426. The molecule has 2 heterocycles. The molecule has 2 aliphatic rings. The highest BCUT2D eigenvalue weighted by Crippen LogP contribution is 2.27. The maximum absolute atomic E-state index is 12.3. The minimum atomic E-state index is -0.114. The number of hydrogen-bond donors (Lipinski definition) is 2. The van der Waals surface area contributed by atoms with Crippen molar-refractivity contribution in [1.29, 1.82) is 0 Å². The van der Waals surface area contributed by atoms with E-state index in [1.165, 1.54) is 0 Å². The van der Waals surface area contributed by atoms with Crippen molar-refractivity contribution in [3.63, 3.8) is 0 Å². The molecule has 1 fully saturated rings. The Kier molecular flexibility index (Phi) is 6.02. The molecule has 5 nitrogen and oxygen atoms in total. The quantitative estimate of drug-likeness (QED) is 0.885. The molecule has 0 saturated carbocycles. The predicted octanol–water partition coefficient (Wildman–Crippen LogP) is 1.95. The van der Waals surface area contributed by atoms with Crippen LogP contribution in [-0.4, -0.2) is 35.8 Å². The monoisotopic (exact) mass is 337 g/mol. The van der Waals surface area contributed by atoms with Crippen molar-refractivity contribution < 1.29 is 9.59 Å². The Bertz CT molecular complexity index is 579. The van der Waals surface area contributed by atoms with Gasteiger partial charge in [0.05, 0.1) is 0 Å². The zero-order valence-electron chi connectivity index (χ0n) is 13.2. The third-order valence-electron chi connectivity index (χ3n) is 4.63. The van der Waals surface area contributed by atoms with Gasteiger partial charge in [0.2, 0.25) is 11.8 Å². The molecule has 0 radical (unpaired) electrons. The Morgan fingerprint density at radius 2 is 2.13 bits per heavy atom. The number of nitrogens with zero attached hydrogens (tertiary/aromatic N) is 1. The molecule has 3 N–H and O–H groups in total. The molecule has 2 amide bonds. The lowest BCUT2D eigenvalue weighted by Gasteiger charge is -2.31. The number of fused-ring (bicyclic) bond motifs is 1. The summed E-state index contributed by atoms with van der Waals surface area (Å²) in [6.45, 7) is 1.45. The van der Waals surface area contributed by atoms with E-state index < -0.39 is 0 Å². The fourth-order valence-electron chi connectivity index (χ4n) is 3.34. The number of hydrogen-bond acceptors (Lipinski definition) is 3. The number of piperidine rings is 1. The highest BCUT2D eigenvalue weighted by Gasteiger charge is 2.28. The Balaban J connectivity index is 0.00000192. The number of likely N-dealkylation sites (tertiary alicyclic amines) is 1. The van der Waals surface area contributed by atoms with Crippen LogP contribution < -0.4 is 11.1 Å². The molecule has 1 aromatic rings. The van der Waals surface area contributed by atoms with Crippen LogP contribution in [0.5, 0.6) is 0 Å². The van der Waals surface area contributed by atoms with Gasteiger partial charge in [-0.25, -0.2) is 0 Å². The summed E-state index contributed by atoms with van der Waals surface area (Å²) in [5, 5.41) is 2.94. The standard InChI is InChI=1S/C17H23N3O2.ClH/c18-14-5-3-9-20(11-14)16(21)8-7-13-10-12-4-1-2-6-15(12)19-17(13)22;/h1-2,4,6,13-14H,3,5,7-11,18H2,(H,19,22);1H. The van der Waals surface area contributed by atoms with Crippen LogP contribution in [0.15, 0.2) is 24.3 Å². The smallest absolute Gasteiger partial charge is 0.227 e. The van der Waals surface area contributed by atoms with Gasteiger partial charge in [0.1, 0.15) is 0 Å². The van der Waals surface area contributed by atoms with Crippen LogP contribution in [0.4, 0.5) is 5.69 Å². The fraction of sp³-hybridized carbons (Fsp3) is 0.529. The van der Waals surface area contributed by atoms with Gasteiger partial charge in [-0.3, -0.25) is 9.59 Å². The van der Waals surface area contributed by atoms with Crippen LogP contribution in [0.2, 0.25) is 0 Å². The van der Waals surface area contributed by atoms with Crippen molar-refractivity contribution in [3.05, 3.63) is 29.8 Å². The summed E-state index contributed by atoms with van der Waals surface area (Å²) in [4.78, 5) is 26.3. The maximum atomic E-state index is 12.3. The SMILES string of the molecule is Cl.NC1CCCN(C(=O)CCC2Cc3ccccc3NC2=O)C1. The maximum Gasteiger partial charge on any atom is 0.227 e. The number of carbonyl (C=O) groups excluding carboxylic acids is 2. The molecule has 0 aromatic heterocycles. The molecule has 1 aromatic carbocycles. The first-order chi connectivity index (χ1) is 10.6. The Labute approximate surface area is 143 Å². The number of rotatable bonds is 3. The second-order valence-electron chi connectivity index (χ2n) is 6.33. The van der Waals surface area contributed by atoms with Crippen LogP contribution in [0, 0.1) is 5.92 Å². The van der Waals surface area contributed by atoms with Gasteiger partial charge in [0.15, 0.2) is 0 Å². The summed E-state index contributed by atoms with van der Waals surface area (Å²) in [6.07, 6.45) is 3.71. The van der Waals surface area contributed by atoms with Crippen molar-refractivity contribution in [3.8, 4) is 0 Å². The number of amides is 2. The Hall–Kier alpha value is -1.59. The number of benzene rings is 1. The van der Waals surface area contributed by atoms with E-state index in [4.69, 9.17) is 5.73 Å². The van der Waals surface area contributed by atoms with E-state index in [-0.39, 0.29) is 36.2 Å². The van der Waals surface area contributed by atoms with Gasteiger partial charge in [-0.05, 0) is 37.3 Å². The summed E-state index contributed by atoms with van der Waals surface area (Å²) >= 11 is 0. The number of carbonyl (C=O) groups is 2. The average molecular weight is 338 g/mol. The van der Waals surface area contributed by atoms with Gasteiger partial charge < -0.3 is 16.0 Å². The molecule has 1 saturated heterocycles. The van der Waals surface area contributed by atoms with E-state index >= 15 is 0 Å². The van der Waals surface area contributed by atoms with Crippen LogP contribution in [0.25, 0.3) is 0 Å². The van der Waals surface area contributed by atoms with Gasteiger partial charge in [0.25, 0.3) is 0 Å². The lowest BCUT2D eigenvalue weighted by atomic mass is 9.89. The molecular formula is C17H24ClN3O2. The van der Waals surface area contributed by atoms with Crippen molar-refractivity contribution >= 4 is 29.9 Å². The summed E-state index contributed by atoms with van der Waals surface area (Å²) < 4.78 is 0. The van der Waals surface area contributed by atoms with E-state index in [1.807, 2.05) is 29.2 Å². The van der Waals surface area contributed by atoms with Gasteiger partial charge in [0, 0.05) is 37.2 Å². The number of nitrogens with two attached hydrogens (primary N) is 1. The number of anilines is 1. The largest absolute Gasteiger partial charge is 0.341 e. The van der Waals surface area contributed by atoms with Gasteiger partial charge in [-0.15, -0.1) is 12.4 Å². The number of nitrogens with one attached hydrogen (secondary N) is 1. The lowest BCUT2D eigenvalue weighted by Crippen LogP contribution is -2.45. The van der Waals surface area contributed by atoms with Crippen molar-refractivity contribution in [2.45, 2.75) is 38.1 Å². The lowest BCUT2D eigenvalue weighted by molar-refractivity contribution is -0.132. The summed E-state index contributed by atoms with van der Waals surface area (Å²) in [6, 6.07) is 7.95. The van der Waals surface area contributed by atoms with Gasteiger partial charge in [-0.1, -0.05) is 18.2 Å². The molecule has 3 rings (SSSR count). The molecule has 2 unspecified atom stereocenters. The minimum absolute atomic E-state index is 0. The molecule has 23 heavy (non-hydrogen) atoms. The van der Waals surface area contributed by atoms with E-state index in [1.54, 1.807) is 0 Å². The normalized spacial score (nSPS) is 23.5.